The van der Waals surface area contributed by atoms with Crippen molar-refractivity contribution in [1.29, 1.82) is 0 Å². The van der Waals surface area contributed by atoms with Gasteiger partial charge in [-0.25, -0.2) is 0 Å². The van der Waals surface area contributed by atoms with Crippen molar-refractivity contribution in [3.8, 4) is 11.5 Å². The number of hydrogen-bond donors (Lipinski definition) is 3. The van der Waals surface area contributed by atoms with E-state index in [1.807, 2.05) is 18.2 Å². The van der Waals surface area contributed by atoms with Crippen LogP contribution in [0.15, 0.2) is 23.2 Å². The summed E-state index contributed by atoms with van der Waals surface area (Å²) in [7, 11) is 0. The number of hydrogen-bond acceptors (Lipinski definition) is 4. The fourth-order valence-corrected chi connectivity index (χ4v) is 2.51. The van der Waals surface area contributed by atoms with Gasteiger partial charge in [0.25, 0.3) is 0 Å². The molecule has 0 unspecified atom stereocenters. The maximum Gasteiger partial charge on any atom is 0.193 e. The number of aliphatic imine (C=N–C) groups is 1. The minimum absolute atomic E-state index is 0.110. The van der Waals surface area contributed by atoms with Crippen molar-refractivity contribution in [2.24, 2.45) is 16.1 Å². The van der Waals surface area contributed by atoms with Gasteiger partial charge in [0.2, 0.25) is 0 Å². The van der Waals surface area contributed by atoms with E-state index in [9.17, 15) is 5.11 Å². The molecule has 1 aliphatic carbocycles. The number of guanidine groups is 1. The zero-order valence-electron chi connectivity index (χ0n) is 12.7. The van der Waals surface area contributed by atoms with Crippen molar-refractivity contribution in [3.05, 3.63) is 18.2 Å². The first kappa shape index (κ1) is 15.0. The average Bonchev–Trinajstić information content (AvgIpc) is 3.31. The Hall–Kier alpha value is -1.95. The van der Waals surface area contributed by atoms with Crippen LogP contribution < -0.4 is 20.5 Å². The summed E-state index contributed by atoms with van der Waals surface area (Å²) in [5.41, 5.74) is 6.85. The molecule has 6 nitrogen and oxygen atoms in total. The lowest BCUT2D eigenvalue weighted by molar-refractivity contribution is 0.205. The van der Waals surface area contributed by atoms with Crippen molar-refractivity contribution >= 4 is 11.6 Å². The summed E-state index contributed by atoms with van der Waals surface area (Å²) in [4.78, 5) is 4.32. The molecule has 1 aromatic carbocycles. The molecule has 22 heavy (non-hydrogen) atoms. The van der Waals surface area contributed by atoms with Gasteiger partial charge in [-0.05, 0) is 36.8 Å². The summed E-state index contributed by atoms with van der Waals surface area (Å²) < 4.78 is 11.2. The van der Waals surface area contributed by atoms with E-state index in [1.54, 1.807) is 0 Å². The molecule has 0 amide bonds. The summed E-state index contributed by atoms with van der Waals surface area (Å²) in [5, 5.41) is 12.3. The Balaban J connectivity index is 1.56. The number of nitrogens with one attached hydrogen (secondary N) is 1. The van der Waals surface area contributed by atoms with Gasteiger partial charge in [0.1, 0.15) is 0 Å². The third-order valence-corrected chi connectivity index (χ3v) is 4.24. The second-order valence-corrected chi connectivity index (χ2v) is 6.01. The lowest BCUT2D eigenvalue weighted by Gasteiger charge is -2.11. The van der Waals surface area contributed by atoms with Gasteiger partial charge in [0, 0.05) is 31.3 Å². The van der Waals surface area contributed by atoms with Crippen molar-refractivity contribution < 1.29 is 14.6 Å². The summed E-state index contributed by atoms with van der Waals surface area (Å²) >= 11 is 0. The van der Waals surface area contributed by atoms with Crippen LogP contribution in [0, 0.1) is 5.41 Å². The largest absolute Gasteiger partial charge is 0.490 e. The van der Waals surface area contributed by atoms with E-state index in [1.165, 1.54) is 0 Å². The highest BCUT2D eigenvalue weighted by Crippen LogP contribution is 2.48. The van der Waals surface area contributed by atoms with E-state index in [4.69, 9.17) is 15.2 Å². The van der Waals surface area contributed by atoms with E-state index in [2.05, 4.69) is 10.3 Å². The van der Waals surface area contributed by atoms with Gasteiger partial charge < -0.3 is 25.6 Å². The minimum Gasteiger partial charge on any atom is -0.490 e. The van der Waals surface area contributed by atoms with Crippen LogP contribution in [0.2, 0.25) is 0 Å². The fraction of sp³-hybridized carbons (Fsp3) is 0.562. The molecule has 4 N–H and O–H groups in total. The topological polar surface area (TPSA) is 89.1 Å². The summed E-state index contributed by atoms with van der Waals surface area (Å²) in [6.07, 6.45) is 3.95. The maximum atomic E-state index is 9.27. The van der Waals surface area contributed by atoms with Crippen LogP contribution in [0.25, 0.3) is 0 Å². The van der Waals surface area contributed by atoms with Gasteiger partial charge in [-0.1, -0.05) is 0 Å². The van der Waals surface area contributed by atoms with Crippen LogP contribution in [-0.2, 0) is 0 Å². The first-order valence-corrected chi connectivity index (χ1v) is 7.78. The molecule has 0 aromatic heterocycles. The van der Waals surface area contributed by atoms with Crippen LogP contribution >= 0.6 is 0 Å². The Morgan fingerprint density at radius 2 is 2.05 bits per heavy atom. The number of nitrogens with zero attached hydrogens (tertiary/aromatic N) is 1. The molecule has 6 heteroatoms. The van der Waals surface area contributed by atoms with E-state index >= 15 is 0 Å². The van der Waals surface area contributed by atoms with E-state index in [0.29, 0.717) is 25.7 Å². The molecule has 0 bridgehead atoms. The molecule has 2 aliphatic rings. The second-order valence-electron chi connectivity index (χ2n) is 6.01. The molecule has 1 heterocycles. The Bertz CT molecular complexity index is 556. The predicted octanol–water partition coefficient (Wildman–Crippen LogP) is 1.74. The molecule has 1 aromatic rings. The van der Waals surface area contributed by atoms with E-state index < -0.39 is 0 Å². The van der Waals surface area contributed by atoms with Crippen LogP contribution in [-0.4, -0.2) is 37.4 Å². The zero-order chi connectivity index (χ0) is 15.4. The Labute approximate surface area is 130 Å². The summed E-state index contributed by atoms with van der Waals surface area (Å²) in [5.74, 6) is 1.87. The summed E-state index contributed by atoms with van der Waals surface area (Å²) in [6.45, 7) is 2.21. The number of aliphatic hydroxyl groups excluding tert-OH is 1. The minimum atomic E-state index is 0.110. The molecule has 0 atom stereocenters. The van der Waals surface area contributed by atoms with Crippen molar-refractivity contribution in [2.45, 2.75) is 25.7 Å². The number of rotatable bonds is 5. The van der Waals surface area contributed by atoms with Gasteiger partial charge in [0.15, 0.2) is 17.5 Å². The van der Waals surface area contributed by atoms with E-state index in [-0.39, 0.29) is 12.0 Å². The first-order chi connectivity index (χ1) is 10.7. The molecule has 3 rings (SSSR count). The monoisotopic (exact) mass is 305 g/mol. The van der Waals surface area contributed by atoms with Crippen LogP contribution in [0.1, 0.15) is 25.7 Å². The first-order valence-electron chi connectivity index (χ1n) is 7.78. The molecule has 1 saturated carbocycles. The third kappa shape index (κ3) is 3.62. The predicted molar refractivity (Wildman–Crippen MR) is 85.5 cm³/mol. The lowest BCUT2D eigenvalue weighted by Crippen LogP contribution is -2.23. The molecule has 0 saturated heterocycles. The van der Waals surface area contributed by atoms with E-state index in [0.717, 1.165) is 42.9 Å². The Morgan fingerprint density at radius 3 is 2.77 bits per heavy atom. The number of nitrogens with two attached hydrogens (primary N) is 1. The van der Waals surface area contributed by atoms with Crippen LogP contribution in [0.5, 0.6) is 11.5 Å². The van der Waals surface area contributed by atoms with Gasteiger partial charge in [0.05, 0.1) is 13.2 Å². The van der Waals surface area contributed by atoms with Gasteiger partial charge >= 0.3 is 0 Å². The van der Waals surface area contributed by atoms with Crippen molar-refractivity contribution in [3.63, 3.8) is 0 Å². The van der Waals surface area contributed by atoms with Gasteiger partial charge in [-0.15, -0.1) is 0 Å². The number of ether oxygens (including phenoxy) is 2. The molecule has 1 fully saturated rings. The fourth-order valence-electron chi connectivity index (χ4n) is 2.51. The number of anilines is 1. The average molecular weight is 305 g/mol. The SMILES string of the molecule is NC(=NCCC1(CO)CC1)Nc1ccc2c(c1)OCCCO2. The molecule has 0 radical (unpaired) electrons. The molecule has 0 spiro atoms. The lowest BCUT2D eigenvalue weighted by atomic mass is 10.0. The smallest absolute Gasteiger partial charge is 0.193 e. The summed E-state index contributed by atoms with van der Waals surface area (Å²) in [6, 6.07) is 5.65. The van der Waals surface area contributed by atoms with Crippen molar-refractivity contribution in [2.75, 3.05) is 31.7 Å². The maximum absolute atomic E-state index is 9.27. The highest BCUT2D eigenvalue weighted by Gasteiger charge is 2.41. The molecular formula is C16H23N3O3. The standard InChI is InChI=1S/C16H23N3O3/c17-15(18-7-6-16(11-20)4-5-16)19-12-2-3-13-14(10-12)22-9-1-8-21-13/h2-3,10,20H,1,4-9,11H2,(H3,17,18,19). The highest BCUT2D eigenvalue weighted by molar-refractivity contribution is 5.92. The molecule has 120 valence electrons. The van der Waals surface area contributed by atoms with Crippen LogP contribution in [0.4, 0.5) is 5.69 Å². The molecular weight excluding hydrogens is 282 g/mol. The quantitative estimate of drug-likeness (QED) is 0.569. The Morgan fingerprint density at radius 1 is 1.27 bits per heavy atom. The zero-order valence-corrected chi connectivity index (χ0v) is 12.7. The van der Waals surface area contributed by atoms with Gasteiger partial charge in [-0.2, -0.15) is 0 Å². The second kappa shape index (κ2) is 6.44. The van der Waals surface area contributed by atoms with Crippen molar-refractivity contribution in [1.82, 2.24) is 0 Å². The van der Waals surface area contributed by atoms with Crippen LogP contribution in [0.3, 0.4) is 0 Å². The number of benzene rings is 1. The Kier molecular flexibility index (Phi) is 4.38. The normalized spacial score (nSPS) is 19.4. The third-order valence-electron chi connectivity index (χ3n) is 4.24. The number of aliphatic hydroxyl groups is 1. The highest BCUT2D eigenvalue weighted by atomic mass is 16.5. The van der Waals surface area contributed by atoms with Gasteiger partial charge in [-0.3, -0.25) is 4.99 Å². The molecule has 1 aliphatic heterocycles. The number of fused-ring (bicyclic) bond motifs is 1.